The SMILES string of the molecule is c1ccc2c(C3=NOCC3)c[nH]c2c1. The van der Waals surface area contributed by atoms with Gasteiger partial charge in [0.2, 0.25) is 0 Å². The molecule has 0 aliphatic carbocycles. The summed E-state index contributed by atoms with van der Waals surface area (Å²) in [5, 5.41) is 5.24. The molecule has 2 heterocycles. The maximum absolute atomic E-state index is 5.00. The number of nitrogens with zero attached hydrogens (tertiary/aromatic N) is 1. The highest BCUT2D eigenvalue weighted by atomic mass is 16.6. The molecule has 0 unspecified atom stereocenters. The van der Waals surface area contributed by atoms with E-state index in [1.807, 2.05) is 18.3 Å². The zero-order chi connectivity index (χ0) is 9.38. The van der Waals surface area contributed by atoms with Crippen LogP contribution in [-0.2, 0) is 4.84 Å². The Hall–Kier alpha value is -1.77. The number of hydrogen-bond acceptors (Lipinski definition) is 2. The molecule has 0 atom stereocenters. The molecule has 1 aliphatic rings. The van der Waals surface area contributed by atoms with Gasteiger partial charge in [-0.3, -0.25) is 0 Å². The molecule has 0 saturated carbocycles. The summed E-state index contributed by atoms with van der Waals surface area (Å²) in [6.45, 7) is 0.703. The van der Waals surface area contributed by atoms with Gasteiger partial charge in [-0.25, -0.2) is 0 Å². The van der Waals surface area contributed by atoms with Crippen LogP contribution in [-0.4, -0.2) is 17.3 Å². The highest BCUT2D eigenvalue weighted by Gasteiger charge is 2.14. The monoisotopic (exact) mass is 186 g/mol. The van der Waals surface area contributed by atoms with E-state index in [9.17, 15) is 0 Å². The summed E-state index contributed by atoms with van der Waals surface area (Å²) in [7, 11) is 0. The number of H-pyrrole nitrogens is 1. The van der Waals surface area contributed by atoms with Gasteiger partial charge in [-0.05, 0) is 6.07 Å². The van der Waals surface area contributed by atoms with Gasteiger partial charge in [0.25, 0.3) is 0 Å². The molecule has 0 amide bonds. The highest BCUT2D eigenvalue weighted by molar-refractivity contribution is 6.10. The molecule has 14 heavy (non-hydrogen) atoms. The summed E-state index contributed by atoms with van der Waals surface area (Å²) >= 11 is 0. The van der Waals surface area contributed by atoms with Crippen LogP contribution >= 0.6 is 0 Å². The van der Waals surface area contributed by atoms with Crippen LogP contribution in [0.15, 0.2) is 35.6 Å². The van der Waals surface area contributed by atoms with E-state index in [2.05, 4.69) is 22.3 Å². The number of aromatic amines is 1. The van der Waals surface area contributed by atoms with Gasteiger partial charge in [0, 0.05) is 29.1 Å². The van der Waals surface area contributed by atoms with Gasteiger partial charge in [-0.2, -0.15) is 0 Å². The Morgan fingerprint density at radius 1 is 1.29 bits per heavy atom. The van der Waals surface area contributed by atoms with Crippen molar-refractivity contribution in [2.24, 2.45) is 5.16 Å². The van der Waals surface area contributed by atoms with Crippen LogP contribution in [0.5, 0.6) is 0 Å². The third kappa shape index (κ3) is 1.02. The number of fused-ring (bicyclic) bond motifs is 1. The van der Waals surface area contributed by atoms with E-state index in [1.165, 1.54) is 5.39 Å². The van der Waals surface area contributed by atoms with Gasteiger partial charge in [0.1, 0.15) is 6.61 Å². The number of para-hydroxylation sites is 1. The lowest BCUT2D eigenvalue weighted by molar-refractivity contribution is 0.174. The molecule has 0 bridgehead atoms. The molecule has 0 spiro atoms. The molecule has 1 aromatic carbocycles. The van der Waals surface area contributed by atoms with Crippen molar-refractivity contribution in [2.45, 2.75) is 6.42 Å². The maximum atomic E-state index is 5.00. The Balaban J connectivity index is 2.21. The number of aromatic nitrogens is 1. The van der Waals surface area contributed by atoms with Crippen molar-refractivity contribution in [3.8, 4) is 0 Å². The van der Waals surface area contributed by atoms with Crippen molar-refractivity contribution in [1.29, 1.82) is 0 Å². The fourth-order valence-electron chi connectivity index (χ4n) is 1.81. The predicted molar refractivity (Wildman–Crippen MR) is 55.4 cm³/mol. The van der Waals surface area contributed by atoms with Crippen molar-refractivity contribution in [1.82, 2.24) is 4.98 Å². The summed E-state index contributed by atoms with van der Waals surface area (Å²) in [5.74, 6) is 0. The van der Waals surface area contributed by atoms with Crippen LogP contribution in [0, 0.1) is 0 Å². The van der Waals surface area contributed by atoms with Crippen molar-refractivity contribution < 1.29 is 4.84 Å². The van der Waals surface area contributed by atoms with E-state index in [0.29, 0.717) is 6.61 Å². The first-order valence-electron chi connectivity index (χ1n) is 4.70. The third-order valence-electron chi connectivity index (χ3n) is 2.51. The fraction of sp³-hybridized carbons (Fsp3) is 0.182. The van der Waals surface area contributed by atoms with Crippen LogP contribution in [0.3, 0.4) is 0 Å². The van der Waals surface area contributed by atoms with Gasteiger partial charge < -0.3 is 9.82 Å². The molecular weight excluding hydrogens is 176 g/mol. The van der Waals surface area contributed by atoms with Crippen LogP contribution in [0.2, 0.25) is 0 Å². The fourth-order valence-corrected chi connectivity index (χ4v) is 1.81. The first-order chi connectivity index (χ1) is 6.95. The van der Waals surface area contributed by atoms with E-state index >= 15 is 0 Å². The lowest BCUT2D eigenvalue weighted by Gasteiger charge is -1.94. The molecule has 1 aromatic heterocycles. The largest absolute Gasteiger partial charge is 0.395 e. The second kappa shape index (κ2) is 2.87. The average Bonchev–Trinajstić information content (AvgIpc) is 2.85. The predicted octanol–water partition coefficient (Wildman–Crippen LogP) is 2.29. The first kappa shape index (κ1) is 7.62. The second-order valence-electron chi connectivity index (χ2n) is 3.37. The smallest absolute Gasteiger partial charge is 0.122 e. The molecule has 1 N–H and O–H groups in total. The summed E-state index contributed by atoms with van der Waals surface area (Å²) in [4.78, 5) is 8.23. The zero-order valence-electron chi connectivity index (χ0n) is 7.66. The molecule has 70 valence electrons. The quantitative estimate of drug-likeness (QED) is 0.729. The topological polar surface area (TPSA) is 37.4 Å². The third-order valence-corrected chi connectivity index (χ3v) is 2.51. The number of nitrogens with one attached hydrogen (secondary N) is 1. The Labute approximate surface area is 81.4 Å². The Kier molecular flexibility index (Phi) is 1.56. The molecular formula is C11H10N2O. The molecule has 0 fully saturated rings. The van der Waals surface area contributed by atoms with Gasteiger partial charge in [0.15, 0.2) is 0 Å². The molecule has 3 nitrogen and oxygen atoms in total. The van der Waals surface area contributed by atoms with Gasteiger partial charge in [0.05, 0.1) is 5.71 Å². The van der Waals surface area contributed by atoms with Crippen LogP contribution in [0.25, 0.3) is 10.9 Å². The lowest BCUT2D eigenvalue weighted by Crippen LogP contribution is -1.95. The Morgan fingerprint density at radius 3 is 3.07 bits per heavy atom. The minimum Gasteiger partial charge on any atom is -0.395 e. The Bertz CT molecular complexity index is 499. The van der Waals surface area contributed by atoms with Crippen molar-refractivity contribution in [3.63, 3.8) is 0 Å². The van der Waals surface area contributed by atoms with Crippen LogP contribution in [0.4, 0.5) is 0 Å². The average molecular weight is 186 g/mol. The van der Waals surface area contributed by atoms with Crippen LogP contribution in [0.1, 0.15) is 12.0 Å². The summed E-state index contributed by atoms with van der Waals surface area (Å²) in [5.41, 5.74) is 3.36. The van der Waals surface area contributed by atoms with E-state index in [1.54, 1.807) is 0 Å². The zero-order valence-corrected chi connectivity index (χ0v) is 7.66. The number of oxime groups is 1. The molecule has 0 saturated heterocycles. The number of hydrogen-bond donors (Lipinski definition) is 1. The van der Waals surface area contributed by atoms with E-state index in [-0.39, 0.29) is 0 Å². The van der Waals surface area contributed by atoms with E-state index in [4.69, 9.17) is 4.84 Å². The highest BCUT2D eigenvalue weighted by Crippen LogP contribution is 2.21. The number of rotatable bonds is 1. The van der Waals surface area contributed by atoms with E-state index in [0.717, 1.165) is 23.2 Å². The lowest BCUT2D eigenvalue weighted by atomic mass is 10.1. The van der Waals surface area contributed by atoms with Crippen molar-refractivity contribution in [2.75, 3.05) is 6.61 Å². The molecule has 0 radical (unpaired) electrons. The van der Waals surface area contributed by atoms with E-state index < -0.39 is 0 Å². The van der Waals surface area contributed by atoms with Gasteiger partial charge in [-0.1, -0.05) is 23.4 Å². The minimum atomic E-state index is 0.703. The Morgan fingerprint density at radius 2 is 2.21 bits per heavy atom. The molecule has 2 aromatic rings. The first-order valence-corrected chi connectivity index (χ1v) is 4.70. The van der Waals surface area contributed by atoms with Crippen molar-refractivity contribution >= 4 is 16.6 Å². The van der Waals surface area contributed by atoms with Gasteiger partial charge >= 0.3 is 0 Å². The second-order valence-corrected chi connectivity index (χ2v) is 3.37. The minimum absolute atomic E-state index is 0.703. The standard InChI is InChI=1S/C11H10N2O/c1-2-4-10-8(3-1)9(7-12-10)11-5-6-14-13-11/h1-4,7,12H,5-6H2. The van der Waals surface area contributed by atoms with Crippen LogP contribution < -0.4 is 0 Å². The number of benzene rings is 1. The normalized spacial score (nSPS) is 15.6. The summed E-state index contributed by atoms with van der Waals surface area (Å²) in [6, 6.07) is 8.23. The molecule has 3 heteroatoms. The maximum Gasteiger partial charge on any atom is 0.122 e. The summed E-state index contributed by atoms with van der Waals surface area (Å²) in [6.07, 6.45) is 2.90. The molecule has 1 aliphatic heterocycles. The van der Waals surface area contributed by atoms with Gasteiger partial charge in [-0.15, -0.1) is 0 Å². The molecule has 3 rings (SSSR count). The van der Waals surface area contributed by atoms with Crippen molar-refractivity contribution in [3.05, 3.63) is 36.0 Å². The summed E-state index contributed by atoms with van der Waals surface area (Å²) < 4.78 is 0.